The second kappa shape index (κ2) is 7.17. The Balaban J connectivity index is 1.70. The molecule has 6 heteroatoms. The molecule has 0 saturated heterocycles. The molecule has 3 aromatic carbocycles. The smallest absolute Gasteiger partial charge is 0.356 e. The van der Waals surface area contributed by atoms with Gasteiger partial charge in [-0.3, -0.25) is 9.36 Å². The lowest BCUT2D eigenvalue weighted by Gasteiger charge is -2.15. The molecule has 31 heavy (non-hydrogen) atoms. The summed E-state index contributed by atoms with van der Waals surface area (Å²) in [5.74, 6) is 0.217. The van der Waals surface area contributed by atoms with Crippen LogP contribution in [-0.4, -0.2) is 9.79 Å². The van der Waals surface area contributed by atoms with E-state index in [1.807, 2.05) is 36.4 Å². The fourth-order valence-electron chi connectivity index (χ4n) is 4.41. The number of fused-ring (bicyclic) bond motifs is 3. The molecule has 0 unspecified atom stereocenters. The van der Waals surface area contributed by atoms with Crippen molar-refractivity contribution < 1.29 is 18.8 Å². The van der Waals surface area contributed by atoms with E-state index in [9.17, 15) is 19.1 Å². The van der Waals surface area contributed by atoms with Crippen molar-refractivity contribution >= 4 is 12.9 Å². The minimum absolute atomic E-state index is 0.0897. The van der Waals surface area contributed by atoms with Crippen LogP contribution >= 0.6 is 7.60 Å². The van der Waals surface area contributed by atoms with Crippen molar-refractivity contribution in [2.45, 2.75) is 12.8 Å². The van der Waals surface area contributed by atoms with Crippen molar-refractivity contribution in [2.75, 3.05) is 0 Å². The maximum absolute atomic E-state index is 13.7. The quantitative estimate of drug-likeness (QED) is 0.409. The van der Waals surface area contributed by atoms with Gasteiger partial charge in [0.15, 0.2) is 5.43 Å². The molecule has 0 radical (unpaired) electrons. The van der Waals surface area contributed by atoms with Gasteiger partial charge in [0.25, 0.3) is 0 Å². The monoisotopic (exact) mass is 430 g/mol. The number of rotatable bonds is 3. The Morgan fingerprint density at radius 1 is 0.806 bits per heavy atom. The zero-order valence-corrected chi connectivity index (χ0v) is 17.5. The van der Waals surface area contributed by atoms with Crippen LogP contribution in [0.3, 0.4) is 0 Å². The van der Waals surface area contributed by atoms with Gasteiger partial charge in [0.1, 0.15) is 5.76 Å². The van der Waals surface area contributed by atoms with Gasteiger partial charge >= 0.3 is 7.60 Å². The van der Waals surface area contributed by atoms with Crippen molar-refractivity contribution in [2.24, 2.45) is 0 Å². The highest BCUT2D eigenvalue weighted by molar-refractivity contribution is 7.60. The number of hydrogen-bond acceptors (Lipinski definition) is 3. The van der Waals surface area contributed by atoms with Gasteiger partial charge in [-0.15, -0.1) is 0 Å². The van der Waals surface area contributed by atoms with Crippen molar-refractivity contribution in [3.63, 3.8) is 0 Å². The first-order chi connectivity index (χ1) is 14.9. The molecule has 1 aliphatic carbocycles. The molecule has 1 heterocycles. The summed E-state index contributed by atoms with van der Waals surface area (Å²) in [5.41, 5.74) is 5.68. The van der Waals surface area contributed by atoms with Crippen LogP contribution in [-0.2, 0) is 4.57 Å². The lowest BCUT2D eigenvalue weighted by Crippen LogP contribution is -2.17. The van der Waals surface area contributed by atoms with Crippen LogP contribution in [0.2, 0.25) is 0 Å². The molecule has 0 fully saturated rings. The van der Waals surface area contributed by atoms with Gasteiger partial charge in [-0.2, -0.15) is 0 Å². The third kappa shape index (κ3) is 3.19. The molecule has 5 rings (SSSR count). The Bertz CT molecular complexity index is 1370. The molecule has 2 N–H and O–H groups in total. The van der Waals surface area contributed by atoms with Crippen LogP contribution in [0, 0.1) is 6.92 Å². The van der Waals surface area contributed by atoms with Crippen LogP contribution in [0.25, 0.3) is 22.3 Å². The topological polar surface area (TPSA) is 87.7 Å². The van der Waals surface area contributed by atoms with Crippen LogP contribution in [0.5, 0.6) is 0 Å². The molecule has 1 aromatic heterocycles. The summed E-state index contributed by atoms with van der Waals surface area (Å²) < 4.78 is 17.3. The lowest BCUT2D eigenvalue weighted by molar-refractivity contribution is 0.387. The summed E-state index contributed by atoms with van der Waals surface area (Å²) in [5, 5.41) is -0.0897. The van der Waals surface area contributed by atoms with E-state index in [1.165, 1.54) is 18.4 Å². The van der Waals surface area contributed by atoms with Gasteiger partial charge < -0.3 is 14.2 Å². The Morgan fingerprint density at radius 2 is 1.35 bits per heavy atom. The SMILES string of the molecule is Cc1occ(C2c3ccccc3-c3ccccc32)c(=O)c1-c1ccc(P(=O)(O)O)cc1. The van der Waals surface area contributed by atoms with E-state index in [4.69, 9.17) is 4.42 Å². The van der Waals surface area contributed by atoms with E-state index in [0.717, 1.165) is 22.3 Å². The molecule has 0 amide bonds. The van der Waals surface area contributed by atoms with Crippen LogP contribution in [0.15, 0.2) is 88.3 Å². The van der Waals surface area contributed by atoms with E-state index in [1.54, 1.807) is 19.1 Å². The molecule has 4 aromatic rings. The molecule has 0 atom stereocenters. The summed E-state index contributed by atoms with van der Waals surface area (Å²) in [6, 6.07) is 21.9. The zero-order chi connectivity index (χ0) is 21.8. The molecule has 154 valence electrons. The fourth-order valence-corrected chi connectivity index (χ4v) is 4.95. The molecule has 5 nitrogen and oxygen atoms in total. The molecular weight excluding hydrogens is 411 g/mol. The van der Waals surface area contributed by atoms with E-state index < -0.39 is 7.60 Å². The second-order valence-corrected chi connectivity index (χ2v) is 9.25. The minimum atomic E-state index is -4.35. The number of hydrogen-bond donors (Lipinski definition) is 2. The van der Waals surface area contributed by atoms with Crippen LogP contribution < -0.4 is 10.7 Å². The van der Waals surface area contributed by atoms with Crippen molar-refractivity contribution in [1.82, 2.24) is 0 Å². The third-order valence-corrected chi connectivity index (χ3v) is 6.81. The third-order valence-electron chi connectivity index (χ3n) is 5.84. The summed E-state index contributed by atoms with van der Waals surface area (Å²) in [4.78, 5) is 32.4. The predicted molar refractivity (Wildman–Crippen MR) is 120 cm³/mol. The number of benzene rings is 3. The molecule has 0 saturated carbocycles. The van der Waals surface area contributed by atoms with E-state index in [-0.39, 0.29) is 16.7 Å². The Labute approximate surface area is 178 Å². The fraction of sp³-hybridized carbons (Fsp3) is 0.0800. The first kappa shape index (κ1) is 19.7. The van der Waals surface area contributed by atoms with Gasteiger partial charge in [-0.05, 0) is 46.9 Å². The summed E-state index contributed by atoms with van der Waals surface area (Å²) in [6.45, 7) is 1.72. The van der Waals surface area contributed by atoms with Crippen molar-refractivity contribution in [3.8, 4) is 22.3 Å². The maximum atomic E-state index is 13.7. The van der Waals surface area contributed by atoms with Crippen LogP contribution in [0.4, 0.5) is 0 Å². The van der Waals surface area contributed by atoms with E-state index in [0.29, 0.717) is 22.5 Å². The van der Waals surface area contributed by atoms with Gasteiger partial charge in [-0.1, -0.05) is 60.7 Å². The first-order valence-corrected chi connectivity index (χ1v) is 11.4. The molecule has 0 spiro atoms. The Kier molecular flexibility index (Phi) is 4.56. The van der Waals surface area contributed by atoms with E-state index in [2.05, 4.69) is 12.1 Å². The van der Waals surface area contributed by atoms with Gasteiger partial charge in [-0.25, -0.2) is 0 Å². The summed E-state index contributed by atoms with van der Waals surface area (Å²) >= 11 is 0. The van der Waals surface area contributed by atoms with Gasteiger partial charge in [0, 0.05) is 11.5 Å². The molecule has 0 aliphatic heterocycles. The predicted octanol–water partition coefficient (Wildman–Crippen LogP) is 4.58. The second-order valence-electron chi connectivity index (χ2n) is 7.65. The highest BCUT2D eigenvalue weighted by atomic mass is 31.2. The van der Waals surface area contributed by atoms with Gasteiger partial charge in [0.05, 0.1) is 17.1 Å². The first-order valence-electron chi connectivity index (χ1n) is 9.83. The Hall–Kier alpha value is -3.24. The molecular formula is C25H19O5P. The Morgan fingerprint density at radius 3 is 1.90 bits per heavy atom. The standard InChI is InChI=1S/C25H19O5P/c1-15-23(16-10-12-17(13-11-16)31(27,28)29)25(26)22(14-30-15)24-20-8-4-2-6-18(20)19-7-3-5-9-21(19)24/h2-14,24H,1H3,(H2,27,28,29). The minimum Gasteiger partial charge on any atom is -0.468 e. The van der Waals surface area contributed by atoms with Crippen molar-refractivity contribution in [1.29, 1.82) is 0 Å². The summed E-state index contributed by atoms with van der Waals surface area (Å²) in [6.07, 6.45) is 1.54. The zero-order valence-electron chi connectivity index (χ0n) is 16.6. The highest BCUT2D eigenvalue weighted by Gasteiger charge is 2.32. The maximum Gasteiger partial charge on any atom is 0.356 e. The van der Waals surface area contributed by atoms with E-state index >= 15 is 0 Å². The van der Waals surface area contributed by atoms with Gasteiger partial charge in [0.2, 0.25) is 0 Å². The summed E-state index contributed by atoms with van der Waals surface area (Å²) in [7, 11) is -4.35. The molecule has 0 bridgehead atoms. The average Bonchev–Trinajstić information content (AvgIpc) is 3.08. The molecule has 1 aliphatic rings. The lowest BCUT2D eigenvalue weighted by atomic mass is 9.88. The highest BCUT2D eigenvalue weighted by Crippen LogP contribution is 2.47. The average molecular weight is 430 g/mol. The number of aryl methyl sites for hydroxylation is 1. The van der Waals surface area contributed by atoms with Crippen molar-refractivity contribution in [3.05, 3.63) is 112 Å². The normalized spacial score (nSPS) is 13.1. The largest absolute Gasteiger partial charge is 0.468 e. The van der Waals surface area contributed by atoms with Crippen LogP contribution in [0.1, 0.15) is 28.4 Å².